The summed E-state index contributed by atoms with van der Waals surface area (Å²) in [5.74, 6) is 1.21. The van der Waals surface area contributed by atoms with Gasteiger partial charge in [0.15, 0.2) is 0 Å². The van der Waals surface area contributed by atoms with E-state index in [4.69, 9.17) is 0 Å². The number of aromatic nitrogens is 1. The smallest absolute Gasteiger partial charge is 0.0337 e. The van der Waals surface area contributed by atoms with Crippen molar-refractivity contribution < 1.29 is 0 Å². The van der Waals surface area contributed by atoms with Gasteiger partial charge < -0.3 is 9.88 Å². The lowest BCUT2D eigenvalue weighted by Crippen LogP contribution is -2.20. The van der Waals surface area contributed by atoms with Crippen LogP contribution in [0.5, 0.6) is 0 Å². The van der Waals surface area contributed by atoms with Crippen LogP contribution in [0.15, 0.2) is 12.4 Å². The fraction of sp³-hybridized carbons (Fsp3) is 0.714. The van der Waals surface area contributed by atoms with E-state index in [9.17, 15) is 0 Å². The first-order valence-electron chi connectivity index (χ1n) is 6.76. The fourth-order valence-electron chi connectivity index (χ4n) is 2.70. The van der Waals surface area contributed by atoms with Gasteiger partial charge in [0.2, 0.25) is 0 Å². The van der Waals surface area contributed by atoms with E-state index in [2.05, 4.69) is 35.5 Å². The van der Waals surface area contributed by atoms with E-state index in [1.807, 2.05) is 11.8 Å². The first kappa shape index (κ1) is 13.0. The van der Waals surface area contributed by atoms with Gasteiger partial charge in [0, 0.05) is 30.7 Å². The molecular formula is C14H24N2S. The van der Waals surface area contributed by atoms with E-state index >= 15 is 0 Å². The topological polar surface area (TPSA) is 17.0 Å². The molecule has 0 saturated heterocycles. The third-order valence-corrected chi connectivity index (χ3v) is 4.16. The number of hydrogen-bond acceptors (Lipinski definition) is 2. The Morgan fingerprint density at radius 2 is 2.29 bits per heavy atom. The molecule has 1 aliphatic rings. The van der Waals surface area contributed by atoms with Crippen molar-refractivity contribution >= 4 is 11.8 Å². The summed E-state index contributed by atoms with van der Waals surface area (Å²) in [4.78, 5) is 0. The van der Waals surface area contributed by atoms with E-state index in [1.54, 1.807) is 11.1 Å². The van der Waals surface area contributed by atoms with E-state index in [0.717, 1.165) is 13.1 Å². The van der Waals surface area contributed by atoms with E-state index < -0.39 is 0 Å². The molecule has 0 spiro atoms. The lowest BCUT2D eigenvalue weighted by Gasteiger charge is -2.15. The lowest BCUT2D eigenvalue weighted by atomic mass is 10.0. The van der Waals surface area contributed by atoms with Crippen LogP contribution in [-0.2, 0) is 13.0 Å². The maximum absolute atomic E-state index is 3.63. The van der Waals surface area contributed by atoms with Crippen molar-refractivity contribution in [2.24, 2.45) is 0 Å². The Balaban J connectivity index is 2.14. The number of fused-ring (bicyclic) bond motifs is 1. The minimum Gasteiger partial charge on any atom is -0.353 e. The first-order valence-corrected chi connectivity index (χ1v) is 8.15. The van der Waals surface area contributed by atoms with Crippen LogP contribution in [0.2, 0.25) is 0 Å². The largest absolute Gasteiger partial charge is 0.353 e. The summed E-state index contributed by atoms with van der Waals surface area (Å²) >= 11 is 1.92. The summed E-state index contributed by atoms with van der Waals surface area (Å²) in [7, 11) is 0. The standard InChI is InChI=1S/C14H24N2S/c1-3-15-14-7-5-4-6-12-10-16(8-9-17-2)11-13(12)14/h10-11,14-15H,3-9H2,1-2H3. The van der Waals surface area contributed by atoms with Gasteiger partial charge in [0.25, 0.3) is 0 Å². The van der Waals surface area contributed by atoms with Gasteiger partial charge in [-0.15, -0.1) is 0 Å². The Bertz CT molecular complexity index is 346. The van der Waals surface area contributed by atoms with Gasteiger partial charge in [-0.3, -0.25) is 0 Å². The molecule has 1 aliphatic carbocycles. The van der Waals surface area contributed by atoms with Crippen molar-refractivity contribution in [2.45, 2.75) is 45.2 Å². The van der Waals surface area contributed by atoms with E-state index in [-0.39, 0.29) is 0 Å². The predicted molar refractivity (Wildman–Crippen MR) is 76.8 cm³/mol. The summed E-state index contributed by atoms with van der Waals surface area (Å²) in [6, 6.07) is 0.591. The zero-order chi connectivity index (χ0) is 12.1. The second-order valence-electron chi connectivity index (χ2n) is 4.83. The Labute approximate surface area is 109 Å². The maximum atomic E-state index is 3.63. The molecule has 0 saturated carbocycles. The molecule has 0 aromatic carbocycles. The molecule has 1 aromatic rings. The van der Waals surface area contributed by atoms with Gasteiger partial charge in [-0.25, -0.2) is 0 Å². The number of rotatable bonds is 5. The monoisotopic (exact) mass is 252 g/mol. The number of thioether (sulfide) groups is 1. The second kappa shape index (κ2) is 6.50. The third kappa shape index (κ3) is 3.29. The van der Waals surface area contributed by atoms with Crippen LogP contribution < -0.4 is 5.32 Å². The van der Waals surface area contributed by atoms with E-state index in [1.165, 1.54) is 31.4 Å². The Kier molecular flexibility index (Phi) is 4.99. The van der Waals surface area contributed by atoms with Crippen LogP contribution >= 0.6 is 11.8 Å². The summed E-state index contributed by atoms with van der Waals surface area (Å²) in [5, 5.41) is 3.63. The van der Waals surface area contributed by atoms with Gasteiger partial charge in [0.1, 0.15) is 0 Å². The van der Waals surface area contributed by atoms with Crippen LogP contribution in [-0.4, -0.2) is 23.1 Å². The van der Waals surface area contributed by atoms with Crippen LogP contribution in [0.25, 0.3) is 0 Å². The Hall–Kier alpha value is -0.410. The SMILES string of the molecule is CCNC1CCCCc2cn(CCSC)cc21. The molecular weight excluding hydrogens is 228 g/mol. The van der Waals surface area contributed by atoms with Crippen LogP contribution in [0.4, 0.5) is 0 Å². The maximum Gasteiger partial charge on any atom is 0.0337 e. The molecule has 1 N–H and O–H groups in total. The predicted octanol–water partition coefficient (Wildman–Crippen LogP) is 3.23. The molecule has 0 aliphatic heterocycles. The van der Waals surface area contributed by atoms with Gasteiger partial charge in [0.05, 0.1) is 0 Å². The highest BCUT2D eigenvalue weighted by molar-refractivity contribution is 7.98. The highest BCUT2D eigenvalue weighted by atomic mass is 32.2. The molecule has 0 amide bonds. The van der Waals surface area contributed by atoms with Crippen molar-refractivity contribution in [3.05, 3.63) is 23.5 Å². The van der Waals surface area contributed by atoms with Crippen molar-refractivity contribution in [1.29, 1.82) is 0 Å². The molecule has 1 aromatic heterocycles. The van der Waals surface area contributed by atoms with Crippen LogP contribution in [0.1, 0.15) is 43.4 Å². The summed E-state index contributed by atoms with van der Waals surface area (Å²) in [5.41, 5.74) is 3.14. The molecule has 0 radical (unpaired) electrons. The molecule has 1 unspecified atom stereocenters. The van der Waals surface area contributed by atoms with Crippen molar-refractivity contribution in [3.8, 4) is 0 Å². The number of nitrogens with zero attached hydrogens (tertiary/aromatic N) is 1. The van der Waals surface area contributed by atoms with Gasteiger partial charge in [-0.1, -0.05) is 13.3 Å². The number of aryl methyl sites for hydroxylation is 2. The minimum absolute atomic E-state index is 0.591. The van der Waals surface area contributed by atoms with Crippen LogP contribution in [0.3, 0.4) is 0 Å². The number of hydrogen-bond donors (Lipinski definition) is 1. The summed E-state index contributed by atoms with van der Waals surface area (Å²) in [6.07, 6.45) is 12.2. The van der Waals surface area contributed by atoms with Crippen LogP contribution in [0, 0.1) is 0 Å². The quantitative estimate of drug-likeness (QED) is 0.810. The average Bonchev–Trinajstić information content (AvgIpc) is 2.65. The summed E-state index contributed by atoms with van der Waals surface area (Å²) in [6.45, 7) is 4.42. The first-order chi connectivity index (χ1) is 8.35. The van der Waals surface area contributed by atoms with Crippen molar-refractivity contribution in [1.82, 2.24) is 9.88 Å². The molecule has 0 bridgehead atoms. The minimum atomic E-state index is 0.591. The number of nitrogens with one attached hydrogen (secondary N) is 1. The molecule has 2 rings (SSSR count). The summed E-state index contributed by atoms with van der Waals surface area (Å²) < 4.78 is 2.39. The zero-order valence-corrected chi connectivity index (χ0v) is 11.9. The average molecular weight is 252 g/mol. The van der Waals surface area contributed by atoms with Gasteiger partial charge in [-0.2, -0.15) is 11.8 Å². The molecule has 1 atom stereocenters. The second-order valence-corrected chi connectivity index (χ2v) is 5.81. The Morgan fingerprint density at radius 1 is 1.41 bits per heavy atom. The van der Waals surface area contributed by atoms with E-state index in [0.29, 0.717) is 6.04 Å². The molecule has 17 heavy (non-hydrogen) atoms. The molecule has 3 heteroatoms. The Morgan fingerprint density at radius 3 is 3.06 bits per heavy atom. The van der Waals surface area contributed by atoms with Gasteiger partial charge >= 0.3 is 0 Å². The lowest BCUT2D eigenvalue weighted by molar-refractivity contribution is 0.502. The fourth-order valence-corrected chi connectivity index (χ4v) is 3.09. The molecule has 2 nitrogen and oxygen atoms in total. The highest BCUT2D eigenvalue weighted by Gasteiger charge is 2.19. The zero-order valence-electron chi connectivity index (χ0n) is 11.0. The third-order valence-electron chi connectivity index (χ3n) is 3.57. The van der Waals surface area contributed by atoms with Gasteiger partial charge in [-0.05, 0) is 43.2 Å². The van der Waals surface area contributed by atoms with Crippen molar-refractivity contribution in [2.75, 3.05) is 18.6 Å². The molecule has 96 valence electrons. The highest BCUT2D eigenvalue weighted by Crippen LogP contribution is 2.29. The molecule has 0 fully saturated rings. The van der Waals surface area contributed by atoms with Crippen molar-refractivity contribution in [3.63, 3.8) is 0 Å². The normalized spacial score (nSPS) is 20.0. The molecule has 1 heterocycles.